The third-order valence-electron chi connectivity index (χ3n) is 2.86. The second kappa shape index (κ2) is 5.02. The van der Waals surface area contributed by atoms with Crippen LogP contribution in [0.15, 0.2) is 54.7 Å². The molecule has 94 valence electrons. The number of aromatic nitrogens is 2. The number of rotatable bonds is 3. The van der Waals surface area contributed by atoms with E-state index in [-0.39, 0.29) is 12.4 Å². The van der Waals surface area contributed by atoms with Crippen LogP contribution in [0, 0.1) is 5.82 Å². The maximum absolute atomic E-state index is 13.5. The summed E-state index contributed by atoms with van der Waals surface area (Å²) >= 11 is 0. The largest absolute Gasteiger partial charge is 0.471 e. The molecular weight excluding hydrogens is 243 g/mol. The minimum Gasteiger partial charge on any atom is -0.471 e. The highest BCUT2D eigenvalue weighted by Gasteiger charge is 2.06. The maximum atomic E-state index is 13.5. The molecule has 0 radical (unpaired) electrons. The van der Waals surface area contributed by atoms with Gasteiger partial charge in [-0.25, -0.2) is 4.39 Å². The summed E-state index contributed by atoms with van der Waals surface area (Å²) in [5.74, 6) is 0.136. The van der Waals surface area contributed by atoms with Crippen molar-refractivity contribution in [1.29, 1.82) is 0 Å². The van der Waals surface area contributed by atoms with Gasteiger partial charge in [-0.05, 0) is 12.1 Å². The number of benzene rings is 2. The van der Waals surface area contributed by atoms with Crippen molar-refractivity contribution in [1.82, 2.24) is 10.2 Å². The molecule has 0 spiro atoms. The Morgan fingerprint density at radius 2 is 1.79 bits per heavy atom. The smallest absolute Gasteiger partial charge is 0.241 e. The van der Waals surface area contributed by atoms with E-state index in [0.717, 1.165) is 10.8 Å². The van der Waals surface area contributed by atoms with Gasteiger partial charge in [0.2, 0.25) is 5.88 Å². The van der Waals surface area contributed by atoms with E-state index in [2.05, 4.69) is 10.2 Å². The molecule has 0 fully saturated rings. The fraction of sp³-hybridized carbons (Fsp3) is 0.0667. The van der Waals surface area contributed by atoms with Gasteiger partial charge in [0.25, 0.3) is 0 Å². The van der Waals surface area contributed by atoms with E-state index in [0.29, 0.717) is 11.4 Å². The van der Waals surface area contributed by atoms with E-state index in [4.69, 9.17) is 4.74 Å². The zero-order valence-electron chi connectivity index (χ0n) is 10.1. The number of fused-ring (bicyclic) bond motifs is 1. The van der Waals surface area contributed by atoms with Crippen molar-refractivity contribution in [3.63, 3.8) is 0 Å². The zero-order valence-corrected chi connectivity index (χ0v) is 10.1. The Balaban J connectivity index is 1.88. The van der Waals surface area contributed by atoms with Gasteiger partial charge in [0.15, 0.2) is 0 Å². The predicted octanol–water partition coefficient (Wildman–Crippen LogP) is 3.35. The molecule has 19 heavy (non-hydrogen) atoms. The van der Waals surface area contributed by atoms with Gasteiger partial charge in [0, 0.05) is 16.3 Å². The molecule has 0 N–H and O–H groups in total. The van der Waals surface area contributed by atoms with Crippen LogP contribution in [0.25, 0.3) is 10.8 Å². The number of ether oxygens (including phenoxy) is 1. The van der Waals surface area contributed by atoms with Crippen molar-refractivity contribution < 1.29 is 9.13 Å². The van der Waals surface area contributed by atoms with Crippen LogP contribution in [0.4, 0.5) is 4.39 Å². The van der Waals surface area contributed by atoms with Crippen molar-refractivity contribution in [2.45, 2.75) is 6.61 Å². The van der Waals surface area contributed by atoms with Gasteiger partial charge in [0.05, 0.1) is 6.20 Å². The molecule has 4 heteroatoms. The third kappa shape index (κ3) is 2.38. The summed E-state index contributed by atoms with van der Waals surface area (Å²) in [6.07, 6.45) is 1.67. The van der Waals surface area contributed by atoms with Gasteiger partial charge in [-0.3, -0.25) is 0 Å². The molecule has 1 aromatic heterocycles. The van der Waals surface area contributed by atoms with Gasteiger partial charge in [-0.1, -0.05) is 36.4 Å². The summed E-state index contributed by atoms with van der Waals surface area (Å²) in [5, 5.41) is 9.65. The molecule has 3 rings (SSSR count). The van der Waals surface area contributed by atoms with Crippen molar-refractivity contribution in [2.24, 2.45) is 0 Å². The Morgan fingerprint density at radius 3 is 2.68 bits per heavy atom. The number of halogens is 1. The van der Waals surface area contributed by atoms with Crippen molar-refractivity contribution in [2.75, 3.05) is 0 Å². The molecule has 0 aliphatic rings. The highest BCUT2D eigenvalue weighted by molar-refractivity contribution is 5.85. The first-order chi connectivity index (χ1) is 9.34. The van der Waals surface area contributed by atoms with Gasteiger partial charge in [0.1, 0.15) is 12.4 Å². The van der Waals surface area contributed by atoms with Crippen molar-refractivity contribution in [3.05, 3.63) is 66.1 Å². The molecule has 2 aromatic carbocycles. The third-order valence-corrected chi connectivity index (χ3v) is 2.86. The summed E-state index contributed by atoms with van der Waals surface area (Å²) in [6, 6.07) is 14.2. The van der Waals surface area contributed by atoms with Crippen LogP contribution in [0.3, 0.4) is 0 Å². The molecule has 0 aliphatic heterocycles. The van der Waals surface area contributed by atoms with Crippen LogP contribution < -0.4 is 4.74 Å². The fourth-order valence-corrected chi connectivity index (χ4v) is 1.87. The molecule has 0 bridgehead atoms. The zero-order chi connectivity index (χ0) is 13.1. The van der Waals surface area contributed by atoms with Crippen LogP contribution in [0.5, 0.6) is 5.88 Å². The quantitative estimate of drug-likeness (QED) is 0.719. The lowest BCUT2D eigenvalue weighted by Crippen LogP contribution is -2.01. The Bertz CT molecular complexity index is 710. The lowest BCUT2D eigenvalue weighted by Gasteiger charge is -2.07. The van der Waals surface area contributed by atoms with Crippen LogP contribution in [0.1, 0.15) is 5.56 Å². The van der Waals surface area contributed by atoms with Crippen LogP contribution >= 0.6 is 0 Å². The van der Waals surface area contributed by atoms with E-state index in [1.54, 1.807) is 24.4 Å². The first-order valence-electron chi connectivity index (χ1n) is 5.91. The summed E-state index contributed by atoms with van der Waals surface area (Å²) in [5.41, 5.74) is 0.497. The van der Waals surface area contributed by atoms with E-state index >= 15 is 0 Å². The summed E-state index contributed by atoms with van der Waals surface area (Å²) < 4.78 is 19.1. The van der Waals surface area contributed by atoms with Gasteiger partial charge >= 0.3 is 0 Å². The second-order valence-corrected chi connectivity index (χ2v) is 4.12. The topological polar surface area (TPSA) is 35.0 Å². The Kier molecular flexibility index (Phi) is 3.06. The number of hydrogen-bond acceptors (Lipinski definition) is 3. The molecule has 0 saturated carbocycles. The highest BCUT2D eigenvalue weighted by atomic mass is 19.1. The van der Waals surface area contributed by atoms with Crippen LogP contribution in [-0.2, 0) is 6.61 Å². The standard InChI is InChI=1S/C15H11FN2O/c16-14-8-4-2-6-12(14)10-19-15-13-7-3-1-5-11(13)9-17-18-15/h1-9H,10H2. The first kappa shape index (κ1) is 11.6. The van der Waals surface area contributed by atoms with Crippen molar-refractivity contribution >= 4 is 10.8 Å². The summed E-state index contributed by atoms with van der Waals surface area (Å²) in [6.45, 7) is 0.134. The Morgan fingerprint density at radius 1 is 1.00 bits per heavy atom. The highest BCUT2D eigenvalue weighted by Crippen LogP contribution is 2.22. The first-order valence-corrected chi connectivity index (χ1v) is 5.91. The molecule has 0 saturated heterocycles. The monoisotopic (exact) mass is 254 g/mol. The molecule has 1 heterocycles. The van der Waals surface area contributed by atoms with E-state index in [9.17, 15) is 4.39 Å². The predicted molar refractivity (Wildman–Crippen MR) is 70.3 cm³/mol. The average molecular weight is 254 g/mol. The lowest BCUT2D eigenvalue weighted by atomic mass is 10.2. The maximum Gasteiger partial charge on any atom is 0.241 e. The minimum absolute atomic E-state index is 0.134. The molecule has 0 amide bonds. The van der Waals surface area contributed by atoms with Crippen LogP contribution in [-0.4, -0.2) is 10.2 Å². The van der Waals surface area contributed by atoms with Gasteiger partial charge < -0.3 is 4.74 Å². The van der Waals surface area contributed by atoms with Gasteiger partial charge in [-0.2, -0.15) is 5.10 Å². The second-order valence-electron chi connectivity index (χ2n) is 4.12. The Hall–Kier alpha value is -2.49. The van der Waals surface area contributed by atoms with Gasteiger partial charge in [-0.15, -0.1) is 5.10 Å². The van der Waals surface area contributed by atoms with Crippen LogP contribution in [0.2, 0.25) is 0 Å². The van der Waals surface area contributed by atoms with E-state index in [1.165, 1.54) is 6.07 Å². The Labute approximate surface area is 109 Å². The average Bonchev–Trinajstić information content (AvgIpc) is 2.46. The fourth-order valence-electron chi connectivity index (χ4n) is 1.87. The molecule has 3 nitrogen and oxygen atoms in total. The van der Waals surface area contributed by atoms with E-state index in [1.807, 2.05) is 24.3 Å². The number of hydrogen-bond donors (Lipinski definition) is 0. The van der Waals surface area contributed by atoms with E-state index < -0.39 is 0 Å². The SMILES string of the molecule is Fc1ccccc1COc1nncc2ccccc12. The molecule has 3 aromatic rings. The molecule has 0 atom stereocenters. The van der Waals surface area contributed by atoms with Crippen molar-refractivity contribution in [3.8, 4) is 5.88 Å². The molecular formula is C15H11FN2O. The summed E-state index contributed by atoms with van der Waals surface area (Å²) in [7, 11) is 0. The molecule has 0 unspecified atom stereocenters. The normalized spacial score (nSPS) is 10.6. The minimum atomic E-state index is -0.282. The number of nitrogens with zero attached hydrogens (tertiary/aromatic N) is 2. The lowest BCUT2D eigenvalue weighted by molar-refractivity contribution is 0.289. The summed E-state index contributed by atoms with van der Waals surface area (Å²) in [4.78, 5) is 0. The molecule has 0 aliphatic carbocycles.